The van der Waals surface area contributed by atoms with Crippen molar-refractivity contribution >= 4 is 45.6 Å². The number of anilines is 1. The van der Waals surface area contributed by atoms with Gasteiger partial charge in [-0.05, 0) is 49.0 Å². The van der Waals surface area contributed by atoms with E-state index in [1.807, 2.05) is 47.7 Å². The number of nitrogens with one attached hydrogen (secondary N) is 1. The maximum Gasteiger partial charge on any atom is 0.240 e. The van der Waals surface area contributed by atoms with Gasteiger partial charge in [0.15, 0.2) is 5.13 Å². The summed E-state index contributed by atoms with van der Waals surface area (Å²) in [5.41, 5.74) is 2.77. The summed E-state index contributed by atoms with van der Waals surface area (Å²) >= 11 is 13.4. The minimum atomic E-state index is -0.127. The number of hydrogen-bond acceptors (Lipinski definition) is 5. The molecule has 0 saturated carbocycles. The van der Waals surface area contributed by atoms with Gasteiger partial charge in [0.05, 0.1) is 29.4 Å². The molecule has 0 atom stereocenters. The van der Waals surface area contributed by atoms with Crippen LogP contribution in [0.1, 0.15) is 5.56 Å². The molecule has 0 fully saturated rings. The van der Waals surface area contributed by atoms with Crippen molar-refractivity contribution in [2.45, 2.75) is 6.54 Å². The van der Waals surface area contributed by atoms with Crippen LogP contribution in [0.25, 0.3) is 11.3 Å². The molecule has 1 amide bonds. The molecule has 28 heavy (non-hydrogen) atoms. The SMILES string of the molecule is COc1ccc(-c2csc(NC(=O)CN(C)Cc3ccc(Cl)c(Cl)c3)n2)cc1. The summed E-state index contributed by atoms with van der Waals surface area (Å²) in [7, 11) is 3.50. The molecule has 1 aromatic heterocycles. The largest absolute Gasteiger partial charge is 0.497 e. The number of nitrogens with zero attached hydrogens (tertiary/aromatic N) is 2. The fourth-order valence-corrected chi connectivity index (χ4v) is 3.69. The summed E-state index contributed by atoms with van der Waals surface area (Å²) in [4.78, 5) is 18.7. The Kier molecular flexibility index (Phi) is 6.91. The van der Waals surface area contributed by atoms with Crippen molar-refractivity contribution in [3.63, 3.8) is 0 Å². The third-order valence-corrected chi connectivity index (χ3v) is 5.48. The predicted octanol–water partition coefficient (Wildman–Crippen LogP) is 5.20. The Morgan fingerprint density at radius 3 is 2.61 bits per heavy atom. The summed E-state index contributed by atoms with van der Waals surface area (Å²) < 4.78 is 5.16. The number of thiazole rings is 1. The van der Waals surface area contributed by atoms with Gasteiger partial charge in [0.1, 0.15) is 5.75 Å². The van der Waals surface area contributed by atoms with Crippen molar-refractivity contribution < 1.29 is 9.53 Å². The van der Waals surface area contributed by atoms with Gasteiger partial charge in [0.25, 0.3) is 0 Å². The van der Waals surface area contributed by atoms with Gasteiger partial charge in [-0.2, -0.15) is 0 Å². The average molecular weight is 436 g/mol. The molecular formula is C20H19Cl2N3O2S. The molecule has 0 unspecified atom stereocenters. The van der Waals surface area contributed by atoms with Gasteiger partial charge in [-0.3, -0.25) is 9.69 Å². The molecular weight excluding hydrogens is 417 g/mol. The summed E-state index contributed by atoms with van der Waals surface area (Å²) in [5, 5.41) is 6.35. The van der Waals surface area contributed by atoms with E-state index < -0.39 is 0 Å². The molecule has 5 nitrogen and oxygen atoms in total. The van der Waals surface area contributed by atoms with Crippen molar-refractivity contribution in [1.82, 2.24) is 9.88 Å². The summed E-state index contributed by atoms with van der Waals surface area (Å²) in [6.07, 6.45) is 0. The molecule has 1 heterocycles. The van der Waals surface area contributed by atoms with Crippen LogP contribution in [0, 0.1) is 0 Å². The quantitative estimate of drug-likeness (QED) is 0.554. The first-order valence-corrected chi connectivity index (χ1v) is 10.1. The zero-order chi connectivity index (χ0) is 20.1. The van der Waals surface area contributed by atoms with Gasteiger partial charge in [-0.15, -0.1) is 11.3 Å². The summed E-state index contributed by atoms with van der Waals surface area (Å²) in [6.45, 7) is 0.816. The van der Waals surface area contributed by atoms with E-state index in [4.69, 9.17) is 27.9 Å². The molecule has 146 valence electrons. The molecule has 0 spiro atoms. The normalized spacial score (nSPS) is 10.9. The highest BCUT2D eigenvalue weighted by atomic mass is 35.5. The first-order valence-electron chi connectivity index (χ1n) is 8.47. The summed E-state index contributed by atoms with van der Waals surface area (Å²) in [6, 6.07) is 13.1. The number of halogens is 2. The van der Waals surface area contributed by atoms with Crippen LogP contribution in [-0.2, 0) is 11.3 Å². The van der Waals surface area contributed by atoms with E-state index in [-0.39, 0.29) is 12.5 Å². The number of methoxy groups -OCH3 is 1. The predicted molar refractivity (Wildman–Crippen MR) is 116 cm³/mol. The lowest BCUT2D eigenvalue weighted by Gasteiger charge is -2.16. The fourth-order valence-electron chi connectivity index (χ4n) is 2.64. The first-order chi connectivity index (χ1) is 13.4. The number of benzene rings is 2. The van der Waals surface area contributed by atoms with E-state index >= 15 is 0 Å². The van der Waals surface area contributed by atoms with Crippen molar-refractivity contribution in [2.75, 3.05) is 26.0 Å². The zero-order valence-corrected chi connectivity index (χ0v) is 17.7. The van der Waals surface area contributed by atoms with Gasteiger partial charge in [-0.1, -0.05) is 29.3 Å². The highest BCUT2D eigenvalue weighted by Gasteiger charge is 2.11. The highest BCUT2D eigenvalue weighted by molar-refractivity contribution is 7.14. The third kappa shape index (κ3) is 5.45. The van der Waals surface area contributed by atoms with E-state index in [9.17, 15) is 4.79 Å². The topological polar surface area (TPSA) is 54.5 Å². The molecule has 8 heteroatoms. The van der Waals surface area contributed by atoms with E-state index in [2.05, 4.69) is 10.3 Å². The molecule has 0 radical (unpaired) electrons. The second kappa shape index (κ2) is 9.39. The molecule has 0 aliphatic heterocycles. The number of ether oxygens (including phenoxy) is 1. The number of carbonyl (C=O) groups is 1. The van der Waals surface area contributed by atoms with E-state index in [0.717, 1.165) is 22.6 Å². The van der Waals surface area contributed by atoms with Crippen LogP contribution in [0.2, 0.25) is 10.0 Å². The minimum absolute atomic E-state index is 0.127. The molecule has 0 bridgehead atoms. The molecule has 3 aromatic rings. The van der Waals surface area contributed by atoms with E-state index in [0.29, 0.717) is 21.7 Å². The van der Waals surface area contributed by atoms with Crippen LogP contribution >= 0.6 is 34.5 Å². The number of likely N-dealkylation sites (N-methyl/N-ethyl adjacent to an activating group) is 1. The molecule has 0 saturated heterocycles. The van der Waals surface area contributed by atoms with Crippen LogP contribution in [-0.4, -0.2) is 36.5 Å². The Morgan fingerprint density at radius 1 is 1.18 bits per heavy atom. The lowest BCUT2D eigenvalue weighted by atomic mass is 10.2. The zero-order valence-electron chi connectivity index (χ0n) is 15.4. The highest BCUT2D eigenvalue weighted by Crippen LogP contribution is 2.26. The van der Waals surface area contributed by atoms with Gasteiger partial charge < -0.3 is 10.1 Å². The van der Waals surface area contributed by atoms with Crippen LogP contribution in [0.4, 0.5) is 5.13 Å². The van der Waals surface area contributed by atoms with Gasteiger partial charge in [0, 0.05) is 17.5 Å². The van der Waals surface area contributed by atoms with Gasteiger partial charge in [0.2, 0.25) is 5.91 Å². The monoisotopic (exact) mass is 435 g/mol. The van der Waals surface area contributed by atoms with Gasteiger partial charge >= 0.3 is 0 Å². The first kappa shape index (κ1) is 20.6. The molecule has 1 N–H and O–H groups in total. The number of aromatic nitrogens is 1. The third-order valence-electron chi connectivity index (χ3n) is 3.99. The Bertz CT molecular complexity index is 960. The number of hydrogen-bond donors (Lipinski definition) is 1. The second-order valence-corrected chi connectivity index (χ2v) is 7.91. The van der Waals surface area contributed by atoms with Crippen molar-refractivity contribution in [1.29, 1.82) is 0 Å². The van der Waals surface area contributed by atoms with E-state index in [1.165, 1.54) is 11.3 Å². The van der Waals surface area contributed by atoms with Crippen LogP contribution in [0.15, 0.2) is 47.8 Å². The van der Waals surface area contributed by atoms with Crippen molar-refractivity contribution in [2.24, 2.45) is 0 Å². The number of rotatable bonds is 7. The Labute approximate surface area is 177 Å². The molecule has 0 aliphatic carbocycles. The Morgan fingerprint density at radius 2 is 1.93 bits per heavy atom. The maximum absolute atomic E-state index is 12.3. The molecule has 3 rings (SSSR count). The lowest BCUT2D eigenvalue weighted by molar-refractivity contribution is -0.117. The summed E-state index contributed by atoms with van der Waals surface area (Å²) in [5.74, 6) is 0.663. The van der Waals surface area contributed by atoms with Crippen LogP contribution in [0.5, 0.6) is 5.75 Å². The molecule has 2 aromatic carbocycles. The van der Waals surface area contributed by atoms with Crippen LogP contribution in [0.3, 0.4) is 0 Å². The minimum Gasteiger partial charge on any atom is -0.497 e. The average Bonchev–Trinajstić information content (AvgIpc) is 3.13. The fraction of sp³-hybridized carbons (Fsp3) is 0.200. The smallest absolute Gasteiger partial charge is 0.240 e. The Balaban J connectivity index is 1.55. The van der Waals surface area contributed by atoms with Gasteiger partial charge in [-0.25, -0.2) is 4.98 Å². The standard InChI is InChI=1S/C20H19Cl2N3O2S/c1-25(10-13-3-8-16(21)17(22)9-13)11-19(26)24-20-23-18(12-28-20)14-4-6-15(27-2)7-5-14/h3-9,12H,10-11H2,1-2H3,(H,23,24,26). The Hall–Kier alpha value is -2.12. The lowest BCUT2D eigenvalue weighted by Crippen LogP contribution is -2.29. The number of carbonyl (C=O) groups excluding carboxylic acids is 1. The maximum atomic E-state index is 12.3. The van der Waals surface area contributed by atoms with Crippen molar-refractivity contribution in [3.05, 3.63) is 63.5 Å². The number of amides is 1. The second-order valence-electron chi connectivity index (χ2n) is 6.24. The van der Waals surface area contributed by atoms with E-state index in [1.54, 1.807) is 19.2 Å². The van der Waals surface area contributed by atoms with Crippen LogP contribution < -0.4 is 10.1 Å². The van der Waals surface area contributed by atoms with Crippen molar-refractivity contribution in [3.8, 4) is 17.0 Å². The molecule has 0 aliphatic rings.